The largest absolute Gasteiger partial charge is 0.295 e. The first kappa shape index (κ1) is 10.7. The molecule has 0 spiro atoms. The first-order valence-electron chi connectivity index (χ1n) is 3.98. The molecule has 0 saturated carbocycles. The Balaban J connectivity index is 2.75. The summed E-state index contributed by atoms with van der Waals surface area (Å²) in [6.07, 6.45) is 0.0379. The Morgan fingerprint density at radius 2 is 2.00 bits per heavy atom. The summed E-state index contributed by atoms with van der Waals surface area (Å²) in [4.78, 5) is 20.5. The van der Waals surface area contributed by atoms with Gasteiger partial charge in [-0.1, -0.05) is 30.3 Å². The molecule has 0 fully saturated rings. The second kappa shape index (κ2) is 4.72. The molecule has 14 heavy (non-hydrogen) atoms. The van der Waals surface area contributed by atoms with Crippen molar-refractivity contribution < 1.29 is 9.72 Å². The number of carbonyl (C=O) groups is 1. The third-order valence-electron chi connectivity index (χ3n) is 1.79. The Bertz CT molecular complexity index is 325. The maximum absolute atomic E-state index is 10.7. The fourth-order valence-corrected chi connectivity index (χ4v) is 1.23. The zero-order valence-electron chi connectivity index (χ0n) is 7.22. The average molecular weight is 214 g/mol. The van der Waals surface area contributed by atoms with E-state index in [2.05, 4.69) is 0 Å². The summed E-state index contributed by atoms with van der Waals surface area (Å²) in [5, 5.41) is 9.51. The van der Waals surface area contributed by atoms with Crippen LogP contribution in [0.15, 0.2) is 30.3 Å². The lowest BCUT2D eigenvalue weighted by atomic mass is 10.1. The molecule has 1 atom stereocenters. The van der Waals surface area contributed by atoms with E-state index in [9.17, 15) is 14.9 Å². The van der Waals surface area contributed by atoms with E-state index >= 15 is 0 Å². The fourth-order valence-electron chi connectivity index (χ4n) is 1.08. The van der Waals surface area contributed by atoms with Crippen molar-refractivity contribution in [3.05, 3.63) is 46.0 Å². The molecule has 1 rings (SSSR count). The van der Waals surface area contributed by atoms with Crippen molar-refractivity contribution in [2.75, 3.05) is 0 Å². The molecule has 0 N–H and O–H groups in total. The van der Waals surface area contributed by atoms with E-state index in [1.54, 1.807) is 30.3 Å². The minimum Gasteiger partial charge on any atom is -0.273 e. The molecule has 1 unspecified atom stereocenters. The number of hydrogen-bond donors (Lipinski definition) is 0. The van der Waals surface area contributed by atoms with Gasteiger partial charge in [0.25, 0.3) is 11.3 Å². The molecule has 0 bridgehead atoms. The first-order chi connectivity index (χ1) is 6.61. The summed E-state index contributed by atoms with van der Waals surface area (Å²) in [6.45, 7) is 0. The van der Waals surface area contributed by atoms with Crippen LogP contribution in [0, 0.1) is 10.1 Å². The number of hydrogen-bond acceptors (Lipinski definition) is 3. The molecule has 0 saturated heterocycles. The number of nitro groups is 1. The maximum atomic E-state index is 10.7. The van der Waals surface area contributed by atoms with Crippen LogP contribution in [-0.4, -0.2) is 16.2 Å². The van der Waals surface area contributed by atoms with Gasteiger partial charge in [0, 0.05) is 11.3 Å². The predicted octanol–water partition coefficient (Wildman–Crippen LogP) is 1.64. The van der Waals surface area contributed by atoms with E-state index in [0.29, 0.717) is 0 Å². The van der Waals surface area contributed by atoms with E-state index in [1.165, 1.54) is 0 Å². The van der Waals surface area contributed by atoms with E-state index in [0.717, 1.165) is 5.56 Å². The second-order valence-electron chi connectivity index (χ2n) is 2.79. The van der Waals surface area contributed by atoms with Crippen LogP contribution >= 0.6 is 11.6 Å². The first-order valence-corrected chi connectivity index (χ1v) is 4.36. The number of rotatable bonds is 4. The van der Waals surface area contributed by atoms with Crippen LogP contribution in [0.3, 0.4) is 0 Å². The van der Waals surface area contributed by atoms with E-state index in [-0.39, 0.29) is 6.42 Å². The van der Waals surface area contributed by atoms with Crippen molar-refractivity contribution in [2.45, 2.75) is 12.5 Å². The van der Waals surface area contributed by atoms with Gasteiger partial charge in [-0.2, -0.15) is 0 Å². The Morgan fingerprint density at radius 1 is 1.43 bits per heavy atom. The maximum Gasteiger partial charge on any atom is 0.295 e. The van der Waals surface area contributed by atoms with Gasteiger partial charge in [-0.05, 0) is 17.2 Å². The molecular weight excluding hydrogens is 206 g/mol. The van der Waals surface area contributed by atoms with Gasteiger partial charge < -0.3 is 0 Å². The van der Waals surface area contributed by atoms with Gasteiger partial charge in [0.15, 0.2) is 0 Å². The highest BCUT2D eigenvalue weighted by molar-refractivity contribution is 6.64. The van der Waals surface area contributed by atoms with Crippen molar-refractivity contribution in [3.8, 4) is 0 Å². The molecule has 1 aromatic carbocycles. The van der Waals surface area contributed by atoms with E-state index in [4.69, 9.17) is 11.6 Å². The standard InChI is InChI=1S/C9H8ClNO3/c10-9(12)8(11(13)14)6-7-4-2-1-3-5-7/h1-5,8H,6H2. The van der Waals surface area contributed by atoms with Crippen LogP contribution in [0.25, 0.3) is 0 Å². The predicted molar refractivity (Wildman–Crippen MR) is 51.8 cm³/mol. The topological polar surface area (TPSA) is 60.2 Å². The SMILES string of the molecule is O=C(Cl)C(Cc1ccccc1)[N+](=O)[O-]. The molecule has 4 nitrogen and oxygen atoms in total. The molecule has 5 heteroatoms. The summed E-state index contributed by atoms with van der Waals surface area (Å²) in [7, 11) is 0. The second-order valence-corrected chi connectivity index (χ2v) is 3.17. The number of nitrogens with zero attached hydrogens (tertiary/aromatic N) is 1. The van der Waals surface area contributed by atoms with Crippen LogP contribution in [-0.2, 0) is 11.2 Å². The summed E-state index contributed by atoms with van der Waals surface area (Å²) in [6, 6.07) is 7.40. The van der Waals surface area contributed by atoms with Gasteiger partial charge in [0.1, 0.15) is 0 Å². The van der Waals surface area contributed by atoms with Crippen LogP contribution in [0.5, 0.6) is 0 Å². The van der Waals surface area contributed by atoms with Gasteiger partial charge in [0.05, 0.1) is 0 Å². The molecule has 0 aromatic heterocycles. The molecule has 0 amide bonds. The van der Waals surface area contributed by atoms with Gasteiger partial charge in [-0.3, -0.25) is 14.9 Å². The summed E-state index contributed by atoms with van der Waals surface area (Å²) in [5.41, 5.74) is 0.725. The average Bonchev–Trinajstić information content (AvgIpc) is 2.15. The third-order valence-corrected chi connectivity index (χ3v) is 2.04. The zero-order chi connectivity index (χ0) is 10.6. The molecule has 74 valence electrons. The molecule has 0 aliphatic rings. The van der Waals surface area contributed by atoms with Crippen molar-refractivity contribution in [1.82, 2.24) is 0 Å². The lowest BCUT2D eigenvalue weighted by Gasteiger charge is -2.03. The monoisotopic (exact) mass is 213 g/mol. The van der Waals surface area contributed by atoms with Gasteiger partial charge in [0.2, 0.25) is 0 Å². The summed E-state index contributed by atoms with van der Waals surface area (Å²) >= 11 is 5.11. The minimum absolute atomic E-state index is 0.0379. The Hall–Kier alpha value is -1.42. The fraction of sp³-hybridized carbons (Fsp3) is 0.222. The highest BCUT2D eigenvalue weighted by atomic mass is 35.5. The zero-order valence-corrected chi connectivity index (χ0v) is 7.98. The Kier molecular flexibility index (Phi) is 3.59. The molecule has 0 aliphatic heterocycles. The molecule has 0 radical (unpaired) electrons. The molecule has 0 heterocycles. The quantitative estimate of drug-likeness (QED) is 0.434. The number of benzene rings is 1. The van der Waals surface area contributed by atoms with Crippen LogP contribution in [0.4, 0.5) is 0 Å². The van der Waals surface area contributed by atoms with Crippen LogP contribution in [0.2, 0.25) is 0 Å². The van der Waals surface area contributed by atoms with E-state index in [1.807, 2.05) is 0 Å². The summed E-state index contributed by atoms with van der Waals surface area (Å²) in [5.74, 6) is 0. The van der Waals surface area contributed by atoms with Crippen LogP contribution in [0.1, 0.15) is 5.56 Å². The van der Waals surface area contributed by atoms with Gasteiger partial charge >= 0.3 is 0 Å². The van der Waals surface area contributed by atoms with Crippen molar-refractivity contribution in [1.29, 1.82) is 0 Å². The summed E-state index contributed by atoms with van der Waals surface area (Å²) < 4.78 is 0. The Labute approximate surface area is 85.6 Å². The van der Waals surface area contributed by atoms with E-state index < -0.39 is 16.2 Å². The van der Waals surface area contributed by atoms with Crippen molar-refractivity contribution >= 4 is 16.8 Å². The minimum atomic E-state index is -1.35. The van der Waals surface area contributed by atoms with Crippen LogP contribution < -0.4 is 0 Å². The normalized spacial score (nSPS) is 12.1. The van der Waals surface area contributed by atoms with Crippen molar-refractivity contribution in [3.63, 3.8) is 0 Å². The lowest BCUT2D eigenvalue weighted by molar-refractivity contribution is -0.505. The highest BCUT2D eigenvalue weighted by Crippen LogP contribution is 2.07. The van der Waals surface area contributed by atoms with Gasteiger partial charge in [-0.15, -0.1) is 0 Å². The smallest absolute Gasteiger partial charge is 0.273 e. The van der Waals surface area contributed by atoms with Crippen molar-refractivity contribution in [2.24, 2.45) is 0 Å². The van der Waals surface area contributed by atoms with Gasteiger partial charge in [-0.25, -0.2) is 0 Å². The third kappa shape index (κ3) is 2.81. The Morgan fingerprint density at radius 3 is 2.43 bits per heavy atom. The molecule has 1 aromatic rings. The highest BCUT2D eigenvalue weighted by Gasteiger charge is 2.27. The lowest BCUT2D eigenvalue weighted by Crippen LogP contribution is -2.28. The molecular formula is C9H8ClNO3. The molecule has 0 aliphatic carbocycles. The number of halogens is 1. The number of carbonyl (C=O) groups excluding carboxylic acids is 1.